The number of hydrogen-bond acceptors (Lipinski definition) is 13. The molecule has 0 radical (unpaired) electrons. The molecular weight excluding hydrogens is 570 g/mol. The van der Waals surface area contributed by atoms with Crippen LogP contribution in [0.3, 0.4) is 0 Å². The van der Waals surface area contributed by atoms with E-state index in [2.05, 4.69) is 22.0 Å². The number of carbonyl (C=O) groups excluding carboxylic acids is 2. The van der Waals surface area contributed by atoms with Crippen LogP contribution in [0.15, 0.2) is 34.5 Å². The second-order valence-electron chi connectivity index (χ2n) is 6.44. The summed E-state index contributed by atoms with van der Waals surface area (Å²) in [5.74, 6) is -2.27. The molecule has 17 nitrogen and oxygen atoms in total. The average molecular weight is 590 g/mol. The Morgan fingerprint density at radius 3 is 2.22 bits per heavy atom. The number of thiazole rings is 1. The molecule has 0 aromatic carbocycles. The first-order chi connectivity index (χ1) is 16.4. The Bertz CT molecular complexity index is 1270. The number of nitrogens with zero attached hydrogens (tertiary/aromatic N) is 3. The van der Waals surface area contributed by atoms with E-state index in [1.807, 2.05) is 0 Å². The minimum absolute atomic E-state index is 0.0764. The van der Waals surface area contributed by atoms with Crippen LogP contribution in [0.4, 0.5) is 5.13 Å². The number of nitrogens with one attached hydrogen (secondary N) is 1. The van der Waals surface area contributed by atoms with Crippen molar-refractivity contribution in [1.29, 1.82) is 0 Å². The van der Waals surface area contributed by atoms with Crippen molar-refractivity contribution in [3.8, 4) is 0 Å². The fourth-order valence-electron chi connectivity index (χ4n) is 2.62. The third-order valence-electron chi connectivity index (χ3n) is 3.81. The molecule has 21 heteroatoms. The number of anilines is 1. The third-order valence-corrected chi connectivity index (χ3v) is 5.79. The molecule has 0 bridgehead atoms. The molecule has 200 valence electrons. The molecule has 1 fully saturated rings. The van der Waals surface area contributed by atoms with Crippen LogP contribution in [0, 0.1) is 0 Å². The second-order valence-corrected chi connectivity index (χ2v) is 10.8. The van der Waals surface area contributed by atoms with Gasteiger partial charge in [-0.2, -0.15) is 16.8 Å². The second kappa shape index (κ2) is 12.2. The number of carboxylic acid groups (broad SMARTS) is 1. The summed E-state index contributed by atoms with van der Waals surface area (Å²) in [6, 6.07) is -0.944. The fourth-order valence-corrected chi connectivity index (χ4v) is 4.51. The van der Waals surface area contributed by atoms with Gasteiger partial charge in [0.1, 0.15) is 22.8 Å². The van der Waals surface area contributed by atoms with Gasteiger partial charge in [0.25, 0.3) is 21.9 Å². The summed E-state index contributed by atoms with van der Waals surface area (Å²) in [4.78, 5) is 41.2. The number of oxime groups is 1. The van der Waals surface area contributed by atoms with Crippen molar-refractivity contribution in [2.24, 2.45) is 5.16 Å². The van der Waals surface area contributed by atoms with Crippen molar-refractivity contribution in [1.82, 2.24) is 15.2 Å². The van der Waals surface area contributed by atoms with E-state index in [-0.39, 0.29) is 22.2 Å². The topological polar surface area (TPSA) is 287 Å². The monoisotopic (exact) mass is 589 g/mol. The molecule has 0 saturated carbocycles. The smallest absolute Gasteiger partial charge is 0.394 e. The zero-order valence-corrected chi connectivity index (χ0v) is 21.1. The van der Waals surface area contributed by atoms with Gasteiger partial charge < -0.3 is 21.4 Å². The molecule has 2 aliphatic heterocycles. The number of thioether (sulfide) groups is 1. The van der Waals surface area contributed by atoms with E-state index in [9.17, 15) is 27.9 Å². The lowest BCUT2D eigenvalue weighted by Crippen LogP contribution is -2.71. The zero-order valence-electron chi connectivity index (χ0n) is 17.9. The van der Waals surface area contributed by atoms with Gasteiger partial charge in [-0.05, 0) is 5.57 Å². The number of aliphatic carboxylic acids is 1. The standard InChI is InChI=1S/C14H13N5O5S2.CH4O3S.H2O4S/c1-2-5-3-25-12-8(11(21)19(12)9(5)13(22)23)17-10(20)7(18-24)6-4-26-14(15)16-6;2*1-5(2,3)4/h2,4,8,12,24H,1,3H2,(H2,15,16)(H,17,20)(H,22,23);1H3,(H,2,3,4);(H2,1,2,3,4)/b18-7-;;/t8-,12-;;/m1../s1. The van der Waals surface area contributed by atoms with Crippen LogP contribution in [0.5, 0.6) is 0 Å². The molecule has 1 saturated heterocycles. The van der Waals surface area contributed by atoms with Gasteiger partial charge in [0.15, 0.2) is 10.8 Å². The van der Waals surface area contributed by atoms with Gasteiger partial charge in [-0.15, -0.1) is 23.1 Å². The maximum atomic E-state index is 12.4. The van der Waals surface area contributed by atoms with Crippen molar-refractivity contribution >= 4 is 72.2 Å². The van der Waals surface area contributed by atoms with Crippen LogP contribution in [-0.4, -0.2) is 97.6 Å². The van der Waals surface area contributed by atoms with Crippen LogP contribution < -0.4 is 11.1 Å². The highest BCUT2D eigenvalue weighted by Gasteiger charge is 2.54. The summed E-state index contributed by atoms with van der Waals surface area (Å²) in [5, 5.41) is 24.9. The molecule has 2 aliphatic rings. The number of carbonyl (C=O) groups is 3. The predicted molar refractivity (Wildman–Crippen MR) is 126 cm³/mol. The SMILES string of the molecule is C=CC1=C(C(=O)O)N2C(=O)[C@@H](NC(=O)/C(=N\O)c3csc(N)n3)[C@H]2SC1.CS(=O)(=O)O.O=S(=O)(O)O. The first kappa shape index (κ1) is 31.0. The molecule has 8 N–H and O–H groups in total. The highest BCUT2D eigenvalue weighted by Crippen LogP contribution is 2.40. The number of nitrogen functional groups attached to an aromatic ring is 1. The summed E-state index contributed by atoms with van der Waals surface area (Å²) in [7, 11) is -8.33. The van der Waals surface area contributed by atoms with Crippen molar-refractivity contribution in [2.45, 2.75) is 11.4 Å². The van der Waals surface area contributed by atoms with Gasteiger partial charge in [0.2, 0.25) is 0 Å². The quantitative estimate of drug-likeness (QED) is 0.0689. The van der Waals surface area contributed by atoms with E-state index in [1.54, 1.807) is 0 Å². The Morgan fingerprint density at radius 2 is 1.83 bits per heavy atom. The maximum Gasteiger partial charge on any atom is 0.394 e. The summed E-state index contributed by atoms with van der Waals surface area (Å²) in [6.45, 7) is 3.56. The first-order valence-corrected chi connectivity index (χ1v) is 14.0. The van der Waals surface area contributed by atoms with Gasteiger partial charge in [0, 0.05) is 11.1 Å². The van der Waals surface area contributed by atoms with Crippen molar-refractivity contribution in [3.63, 3.8) is 0 Å². The first-order valence-electron chi connectivity index (χ1n) is 8.79. The molecule has 3 rings (SSSR count). The number of allylic oxidation sites excluding steroid dienone is 1. The van der Waals surface area contributed by atoms with Gasteiger partial charge in [-0.3, -0.25) is 28.1 Å². The molecule has 36 heavy (non-hydrogen) atoms. The van der Waals surface area contributed by atoms with Crippen LogP contribution in [0.1, 0.15) is 5.69 Å². The van der Waals surface area contributed by atoms with E-state index in [0.717, 1.165) is 16.2 Å². The lowest BCUT2D eigenvalue weighted by Gasteiger charge is -2.49. The third kappa shape index (κ3) is 9.18. The lowest BCUT2D eigenvalue weighted by atomic mass is 10.0. The minimum atomic E-state index is -4.67. The van der Waals surface area contributed by atoms with Crippen LogP contribution in [0.2, 0.25) is 0 Å². The fraction of sp³-hybridized carbons (Fsp3) is 0.267. The lowest BCUT2D eigenvalue weighted by molar-refractivity contribution is -0.150. The molecule has 0 unspecified atom stereocenters. The summed E-state index contributed by atoms with van der Waals surface area (Å²) < 4.78 is 57.5. The Labute approximate surface area is 211 Å². The molecule has 1 aromatic heterocycles. The highest BCUT2D eigenvalue weighted by molar-refractivity contribution is 8.00. The van der Waals surface area contributed by atoms with E-state index < -0.39 is 49.7 Å². The normalized spacial score (nSPS) is 19.5. The number of carboxylic acids is 1. The Kier molecular flexibility index (Phi) is 10.5. The Morgan fingerprint density at radius 1 is 1.31 bits per heavy atom. The number of hydrogen-bond donors (Lipinski definition) is 7. The largest absolute Gasteiger partial charge is 0.477 e. The molecule has 2 atom stereocenters. The molecule has 0 spiro atoms. The molecule has 0 aliphatic carbocycles. The molecular formula is C15H19N5O12S4. The van der Waals surface area contributed by atoms with Crippen LogP contribution in [-0.2, 0) is 34.9 Å². The summed E-state index contributed by atoms with van der Waals surface area (Å²) in [6.07, 6.45) is 2.11. The van der Waals surface area contributed by atoms with Crippen LogP contribution >= 0.6 is 23.1 Å². The maximum absolute atomic E-state index is 12.4. The van der Waals surface area contributed by atoms with Gasteiger partial charge in [-0.25, -0.2) is 9.78 Å². The van der Waals surface area contributed by atoms with Crippen LogP contribution in [0.25, 0.3) is 0 Å². The van der Waals surface area contributed by atoms with Crippen molar-refractivity contribution in [3.05, 3.63) is 35.0 Å². The average Bonchev–Trinajstić information content (AvgIpc) is 3.14. The van der Waals surface area contributed by atoms with E-state index in [4.69, 9.17) is 33.0 Å². The van der Waals surface area contributed by atoms with Crippen molar-refractivity contribution < 1.29 is 55.2 Å². The van der Waals surface area contributed by atoms with Gasteiger partial charge in [0.05, 0.1) is 6.26 Å². The highest BCUT2D eigenvalue weighted by atomic mass is 32.3. The Hall–Kier alpha value is -3.08. The molecule has 2 amide bonds. The number of rotatable bonds is 5. The van der Waals surface area contributed by atoms with E-state index in [1.165, 1.54) is 23.2 Å². The number of β-lactam (4-membered cyclic amide) rings is 1. The number of fused-ring (bicyclic) bond motifs is 1. The zero-order chi connectivity index (χ0) is 28.0. The molecule has 3 heterocycles. The number of amides is 2. The number of aromatic nitrogens is 1. The van der Waals surface area contributed by atoms with E-state index >= 15 is 0 Å². The van der Waals surface area contributed by atoms with Gasteiger partial charge in [-0.1, -0.05) is 17.8 Å². The molecule has 1 aromatic rings. The van der Waals surface area contributed by atoms with E-state index in [0.29, 0.717) is 17.6 Å². The Balaban J connectivity index is 0.000000550. The van der Waals surface area contributed by atoms with Crippen molar-refractivity contribution in [2.75, 3.05) is 17.7 Å². The minimum Gasteiger partial charge on any atom is -0.477 e. The van der Waals surface area contributed by atoms with Gasteiger partial charge >= 0.3 is 16.4 Å². The summed E-state index contributed by atoms with van der Waals surface area (Å²) >= 11 is 2.37. The predicted octanol–water partition coefficient (Wildman–Crippen LogP) is -1.32. The number of nitrogens with two attached hydrogens (primary N) is 1. The summed E-state index contributed by atoms with van der Waals surface area (Å²) in [5.41, 5.74) is 5.49.